The minimum Gasteiger partial charge on any atom is -0.372 e. The summed E-state index contributed by atoms with van der Waals surface area (Å²) in [5.74, 6) is 0.755. The van der Waals surface area contributed by atoms with E-state index in [0.717, 1.165) is 6.42 Å². The Bertz CT molecular complexity index is 206. The van der Waals surface area contributed by atoms with Gasteiger partial charge < -0.3 is 9.64 Å². The van der Waals surface area contributed by atoms with Gasteiger partial charge in [-0.15, -0.1) is 0 Å². The van der Waals surface area contributed by atoms with Crippen molar-refractivity contribution >= 4 is 5.91 Å². The Hall–Kier alpha value is -0.570. The van der Waals surface area contributed by atoms with Crippen LogP contribution in [0.1, 0.15) is 39.5 Å². The van der Waals surface area contributed by atoms with Gasteiger partial charge in [0, 0.05) is 19.7 Å². The van der Waals surface area contributed by atoms with Gasteiger partial charge in [0.2, 0.25) is 5.91 Å². The van der Waals surface area contributed by atoms with Crippen molar-refractivity contribution in [3.05, 3.63) is 0 Å². The number of likely N-dealkylation sites (N-methyl/N-ethyl adjacent to an activating group) is 1. The summed E-state index contributed by atoms with van der Waals surface area (Å²) >= 11 is 0. The lowest BCUT2D eigenvalue weighted by Crippen LogP contribution is -2.44. The van der Waals surface area contributed by atoms with Gasteiger partial charge in [-0.2, -0.15) is 0 Å². The standard InChI is InChI=1S/C12H23NO2/c1-4-15-9-12(14)13(3)11-8-6-5-7-10(11)2/h10-11H,4-9H2,1-3H3. The molecule has 0 aliphatic heterocycles. The Morgan fingerprint density at radius 3 is 2.67 bits per heavy atom. The second kappa shape index (κ2) is 6.11. The lowest BCUT2D eigenvalue weighted by molar-refractivity contribution is -0.138. The maximum atomic E-state index is 11.7. The first-order chi connectivity index (χ1) is 7.16. The summed E-state index contributed by atoms with van der Waals surface area (Å²) in [5.41, 5.74) is 0. The average Bonchev–Trinajstić information content (AvgIpc) is 2.25. The van der Waals surface area contributed by atoms with E-state index in [1.165, 1.54) is 19.3 Å². The van der Waals surface area contributed by atoms with Gasteiger partial charge in [0.15, 0.2) is 0 Å². The van der Waals surface area contributed by atoms with Crippen LogP contribution in [-0.4, -0.2) is 37.1 Å². The molecule has 1 amide bonds. The van der Waals surface area contributed by atoms with Crippen molar-refractivity contribution in [1.82, 2.24) is 4.90 Å². The van der Waals surface area contributed by atoms with Crippen molar-refractivity contribution in [3.63, 3.8) is 0 Å². The van der Waals surface area contributed by atoms with E-state index >= 15 is 0 Å². The normalized spacial score (nSPS) is 26.3. The summed E-state index contributed by atoms with van der Waals surface area (Å²) in [5, 5.41) is 0. The number of carbonyl (C=O) groups excluding carboxylic acids is 1. The van der Waals surface area contributed by atoms with Crippen LogP contribution in [-0.2, 0) is 9.53 Å². The first-order valence-electron chi connectivity index (χ1n) is 6.00. The molecule has 2 unspecified atom stereocenters. The average molecular weight is 213 g/mol. The maximum Gasteiger partial charge on any atom is 0.248 e. The number of carbonyl (C=O) groups is 1. The second-order valence-electron chi connectivity index (χ2n) is 4.47. The molecule has 0 aromatic heterocycles. The molecule has 3 heteroatoms. The van der Waals surface area contributed by atoms with E-state index in [4.69, 9.17) is 4.74 Å². The van der Waals surface area contributed by atoms with Gasteiger partial charge in [-0.25, -0.2) is 0 Å². The van der Waals surface area contributed by atoms with Crippen LogP contribution in [0, 0.1) is 5.92 Å². The smallest absolute Gasteiger partial charge is 0.248 e. The molecule has 0 heterocycles. The molecule has 0 aromatic rings. The first kappa shape index (κ1) is 12.5. The molecule has 3 nitrogen and oxygen atoms in total. The summed E-state index contributed by atoms with van der Waals surface area (Å²) in [6.07, 6.45) is 4.96. The van der Waals surface area contributed by atoms with Gasteiger partial charge in [-0.3, -0.25) is 4.79 Å². The SMILES string of the molecule is CCOCC(=O)N(C)C1CCCCC1C. The molecule has 15 heavy (non-hydrogen) atoms. The maximum absolute atomic E-state index is 11.7. The van der Waals surface area contributed by atoms with Crippen molar-refractivity contribution in [3.8, 4) is 0 Å². The van der Waals surface area contributed by atoms with E-state index in [1.807, 2.05) is 18.9 Å². The lowest BCUT2D eigenvalue weighted by atomic mass is 9.85. The third kappa shape index (κ3) is 3.49. The van der Waals surface area contributed by atoms with Gasteiger partial charge in [-0.05, 0) is 25.7 Å². The number of nitrogens with zero attached hydrogens (tertiary/aromatic N) is 1. The second-order valence-corrected chi connectivity index (χ2v) is 4.47. The Morgan fingerprint density at radius 2 is 2.07 bits per heavy atom. The zero-order chi connectivity index (χ0) is 11.3. The molecule has 0 saturated heterocycles. The topological polar surface area (TPSA) is 29.5 Å². The lowest BCUT2D eigenvalue weighted by Gasteiger charge is -2.36. The molecule has 88 valence electrons. The highest BCUT2D eigenvalue weighted by atomic mass is 16.5. The first-order valence-corrected chi connectivity index (χ1v) is 6.00. The summed E-state index contributed by atoms with van der Waals surface area (Å²) in [4.78, 5) is 13.6. The van der Waals surface area contributed by atoms with E-state index in [9.17, 15) is 4.79 Å². The molecule has 1 fully saturated rings. The predicted molar refractivity (Wildman–Crippen MR) is 60.7 cm³/mol. The fourth-order valence-electron chi connectivity index (χ4n) is 2.35. The summed E-state index contributed by atoms with van der Waals surface area (Å²) in [6, 6.07) is 0.423. The molecule has 1 rings (SSSR count). The number of rotatable bonds is 4. The molecule has 0 N–H and O–H groups in total. The Balaban J connectivity index is 2.42. The highest BCUT2D eigenvalue weighted by Crippen LogP contribution is 2.27. The quantitative estimate of drug-likeness (QED) is 0.715. The Kier molecular flexibility index (Phi) is 5.09. The van der Waals surface area contributed by atoms with Crippen LogP contribution in [0.4, 0.5) is 0 Å². The Labute approximate surface area is 92.8 Å². The van der Waals surface area contributed by atoms with E-state index < -0.39 is 0 Å². The summed E-state index contributed by atoms with van der Waals surface area (Å²) in [6.45, 7) is 5.00. The van der Waals surface area contributed by atoms with E-state index in [0.29, 0.717) is 18.6 Å². The van der Waals surface area contributed by atoms with Crippen LogP contribution in [0.15, 0.2) is 0 Å². The van der Waals surface area contributed by atoms with E-state index in [2.05, 4.69) is 6.92 Å². The number of ether oxygens (including phenoxy) is 1. The van der Waals surface area contributed by atoms with Crippen LogP contribution in [0.3, 0.4) is 0 Å². The molecule has 0 bridgehead atoms. The fraction of sp³-hybridized carbons (Fsp3) is 0.917. The van der Waals surface area contributed by atoms with Crippen molar-refractivity contribution in [2.45, 2.75) is 45.6 Å². The largest absolute Gasteiger partial charge is 0.372 e. The zero-order valence-electron chi connectivity index (χ0n) is 10.2. The minimum absolute atomic E-state index is 0.121. The summed E-state index contributed by atoms with van der Waals surface area (Å²) in [7, 11) is 1.91. The van der Waals surface area contributed by atoms with Crippen molar-refractivity contribution in [2.24, 2.45) is 5.92 Å². The zero-order valence-corrected chi connectivity index (χ0v) is 10.2. The van der Waals surface area contributed by atoms with Crippen molar-refractivity contribution in [1.29, 1.82) is 0 Å². The third-order valence-corrected chi connectivity index (χ3v) is 3.39. The van der Waals surface area contributed by atoms with Crippen molar-refractivity contribution in [2.75, 3.05) is 20.3 Å². The fourth-order valence-corrected chi connectivity index (χ4v) is 2.35. The van der Waals surface area contributed by atoms with Crippen LogP contribution in [0.2, 0.25) is 0 Å². The molecule has 0 aromatic carbocycles. The van der Waals surface area contributed by atoms with Gasteiger partial charge in [0.05, 0.1) is 0 Å². The van der Waals surface area contributed by atoms with E-state index in [-0.39, 0.29) is 12.5 Å². The van der Waals surface area contributed by atoms with Crippen molar-refractivity contribution < 1.29 is 9.53 Å². The number of hydrogen-bond donors (Lipinski definition) is 0. The van der Waals surface area contributed by atoms with Gasteiger partial charge in [-0.1, -0.05) is 19.8 Å². The molecule has 0 spiro atoms. The molecule has 0 radical (unpaired) electrons. The third-order valence-electron chi connectivity index (χ3n) is 3.39. The molecule has 1 aliphatic carbocycles. The molecular formula is C12H23NO2. The van der Waals surface area contributed by atoms with Crippen LogP contribution < -0.4 is 0 Å². The molecule has 2 atom stereocenters. The predicted octanol–water partition coefficient (Wildman–Crippen LogP) is 2.06. The molecular weight excluding hydrogens is 190 g/mol. The van der Waals surface area contributed by atoms with Crippen LogP contribution >= 0.6 is 0 Å². The summed E-state index contributed by atoms with van der Waals surface area (Å²) < 4.78 is 5.15. The van der Waals surface area contributed by atoms with Gasteiger partial charge in [0.1, 0.15) is 6.61 Å². The number of hydrogen-bond acceptors (Lipinski definition) is 2. The monoisotopic (exact) mass is 213 g/mol. The number of amides is 1. The molecule has 1 saturated carbocycles. The van der Waals surface area contributed by atoms with Crippen LogP contribution in [0.25, 0.3) is 0 Å². The van der Waals surface area contributed by atoms with Gasteiger partial charge in [0.25, 0.3) is 0 Å². The van der Waals surface area contributed by atoms with Gasteiger partial charge >= 0.3 is 0 Å². The van der Waals surface area contributed by atoms with E-state index in [1.54, 1.807) is 0 Å². The minimum atomic E-state index is 0.121. The highest BCUT2D eigenvalue weighted by molar-refractivity contribution is 5.77. The Morgan fingerprint density at radius 1 is 1.40 bits per heavy atom. The van der Waals surface area contributed by atoms with Crippen LogP contribution in [0.5, 0.6) is 0 Å². The molecule has 1 aliphatic rings. The highest BCUT2D eigenvalue weighted by Gasteiger charge is 2.27.